The summed E-state index contributed by atoms with van der Waals surface area (Å²) in [5.74, 6) is 0.146. The summed E-state index contributed by atoms with van der Waals surface area (Å²) in [5, 5.41) is 9.89. The lowest BCUT2D eigenvalue weighted by molar-refractivity contribution is -0.132. The molecular weight excluding hydrogens is 424 g/mol. The number of furan rings is 1. The molecule has 4 rings (SSSR count). The standard InChI is InChI=1S/C24H22N4O5/c1-15-11-21(27-33-15)26-22(29)14-28(2)23(30)12-16-7-9-18(10-8-16)25-24(31)20-13-17-5-3-4-6-19(17)32-20/h3-11,13H,12,14H2,1-2H3,(H,25,31)(H,26,27,29). The highest BCUT2D eigenvalue weighted by atomic mass is 16.5. The average Bonchev–Trinajstić information content (AvgIpc) is 3.40. The van der Waals surface area contributed by atoms with Crippen molar-refractivity contribution in [2.45, 2.75) is 13.3 Å². The minimum atomic E-state index is -0.372. The normalized spacial score (nSPS) is 10.7. The van der Waals surface area contributed by atoms with E-state index in [9.17, 15) is 14.4 Å². The number of amides is 3. The number of nitrogens with zero attached hydrogens (tertiary/aromatic N) is 2. The van der Waals surface area contributed by atoms with Gasteiger partial charge in [0.1, 0.15) is 11.3 Å². The Bertz CT molecular complexity index is 1270. The lowest BCUT2D eigenvalue weighted by Gasteiger charge is -2.16. The van der Waals surface area contributed by atoms with E-state index in [4.69, 9.17) is 8.94 Å². The second-order valence-corrected chi connectivity index (χ2v) is 7.60. The van der Waals surface area contributed by atoms with E-state index in [-0.39, 0.29) is 36.4 Å². The van der Waals surface area contributed by atoms with Crippen molar-refractivity contribution in [1.29, 1.82) is 0 Å². The minimum absolute atomic E-state index is 0.115. The molecule has 0 atom stereocenters. The van der Waals surface area contributed by atoms with Crippen LogP contribution in [-0.4, -0.2) is 41.4 Å². The van der Waals surface area contributed by atoms with Gasteiger partial charge in [-0.15, -0.1) is 0 Å². The summed E-state index contributed by atoms with van der Waals surface area (Å²) in [5.41, 5.74) is 1.97. The Hall–Kier alpha value is -4.40. The van der Waals surface area contributed by atoms with Crippen LogP contribution in [0.15, 0.2) is 69.6 Å². The van der Waals surface area contributed by atoms with Gasteiger partial charge >= 0.3 is 0 Å². The number of fused-ring (bicyclic) bond motifs is 1. The number of benzene rings is 2. The molecule has 0 saturated heterocycles. The number of carbonyl (C=O) groups is 3. The van der Waals surface area contributed by atoms with E-state index in [1.165, 1.54) is 4.90 Å². The van der Waals surface area contributed by atoms with Crippen LogP contribution in [0.1, 0.15) is 21.9 Å². The molecular formula is C24H22N4O5. The number of hydrogen-bond donors (Lipinski definition) is 2. The fourth-order valence-corrected chi connectivity index (χ4v) is 3.21. The third-order valence-corrected chi connectivity index (χ3v) is 4.92. The molecule has 168 valence electrons. The number of aryl methyl sites for hydroxylation is 1. The van der Waals surface area contributed by atoms with Crippen molar-refractivity contribution in [3.05, 3.63) is 77.7 Å². The summed E-state index contributed by atoms with van der Waals surface area (Å²) in [6.07, 6.45) is 0.116. The molecule has 0 spiro atoms. The van der Waals surface area contributed by atoms with Crippen LogP contribution in [-0.2, 0) is 16.0 Å². The first kappa shape index (κ1) is 21.8. The zero-order chi connectivity index (χ0) is 23.4. The number of nitrogens with one attached hydrogen (secondary N) is 2. The van der Waals surface area contributed by atoms with Gasteiger partial charge in [0.05, 0.1) is 13.0 Å². The van der Waals surface area contributed by atoms with Crippen LogP contribution in [0, 0.1) is 6.92 Å². The third kappa shape index (κ3) is 5.45. The van der Waals surface area contributed by atoms with Crippen LogP contribution in [0.4, 0.5) is 11.5 Å². The van der Waals surface area contributed by atoms with E-state index in [1.54, 1.807) is 56.4 Å². The van der Waals surface area contributed by atoms with Gasteiger partial charge in [0.25, 0.3) is 5.91 Å². The molecule has 33 heavy (non-hydrogen) atoms. The van der Waals surface area contributed by atoms with Crippen molar-refractivity contribution in [2.75, 3.05) is 24.2 Å². The van der Waals surface area contributed by atoms with Gasteiger partial charge in [-0.3, -0.25) is 14.4 Å². The van der Waals surface area contributed by atoms with Crippen LogP contribution >= 0.6 is 0 Å². The van der Waals surface area contributed by atoms with Crippen LogP contribution in [0.2, 0.25) is 0 Å². The number of hydrogen-bond acceptors (Lipinski definition) is 6. The molecule has 0 bridgehead atoms. The zero-order valence-corrected chi connectivity index (χ0v) is 18.1. The maximum atomic E-state index is 12.5. The van der Waals surface area contributed by atoms with Gasteiger partial charge in [0, 0.05) is 24.2 Å². The van der Waals surface area contributed by atoms with Gasteiger partial charge in [-0.1, -0.05) is 35.5 Å². The summed E-state index contributed by atoms with van der Waals surface area (Å²) in [6.45, 7) is 1.60. The Labute approximate surface area is 189 Å². The van der Waals surface area contributed by atoms with E-state index in [2.05, 4.69) is 15.8 Å². The Morgan fingerprint density at radius 3 is 2.45 bits per heavy atom. The van der Waals surface area contributed by atoms with Gasteiger partial charge < -0.3 is 24.5 Å². The lowest BCUT2D eigenvalue weighted by atomic mass is 10.1. The molecule has 0 fully saturated rings. The van der Waals surface area contributed by atoms with Gasteiger partial charge in [0.15, 0.2) is 11.6 Å². The van der Waals surface area contributed by atoms with Gasteiger partial charge in [-0.2, -0.15) is 0 Å². The van der Waals surface area contributed by atoms with Crippen molar-refractivity contribution in [3.8, 4) is 0 Å². The Morgan fingerprint density at radius 1 is 1.00 bits per heavy atom. The maximum Gasteiger partial charge on any atom is 0.291 e. The molecule has 3 amide bonds. The first-order valence-electron chi connectivity index (χ1n) is 10.2. The summed E-state index contributed by atoms with van der Waals surface area (Å²) in [6, 6.07) is 17.6. The Morgan fingerprint density at radius 2 is 1.76 bits per heavy atom. The number of rotatable bonds is 7. The molecule has 2 heterocycles. The SMILES string of the molecule is Cc1cc(NC(=O)CN(C)C(=O)Cc2ccc(NC(=O)c3cc4ccccc4o3)cc2)no1. The average molecular weight is 446 g/mol. The van der Waals surface area contributed by atoms with Crippen molar-refractivity contribution in [2.24, 2.45) is 0 Å². The smallest absolute Gasteiger partial charge is 0.291 e. The number of para-hydroxylation sites is 1. The van der Waals surface area contributed by atoms with Gasteiger partial charge in [0.2, 0.25) is 11.8 Å². The summed E-state index contributed by atoms with van der Waals surface area (Å²) < 4.78 is 10.5. The predicted octanol–water partition coefficient (Wildman–Crippen LogP) is 3.62. The molecule has 2 aromatic heterocycles. The minimum Gasteiger partial charge on any atom is -0.451 e. The fraction of sp³-hybridized carbons (Fsp3) is 0.167. The van der Waals surface area contributed by atoms with Gasteiger partial charge in [-0.05, 0) is 36.8 Å². The van der Waals surface area contributed by atoms with Crippen molar-refractivity contribution >= 4 is 40.2 Å². The quantitative estimate of drug-likeness (QED) is 0.448. The second-order valence-electron chi connectivity index (χ2n) is 7.60. The number of anilines is 2. The molecule has 0 aliphatic heterocycles. The van der Waals surface area contributed by atoms with Crippen molar-refractivity contribution in [1.82, 2.24) is 10.1 Å². The largest absolute Gasteiger partial charge is 0.451 e. The Kier molecular flexibility index (Phi) is 6.21. The summed E-state index contributed by atoms with van der Waals surface area (Å²) in [4.78, 5) is 38.3. The first-order chi connectivity index (χ1) is 15.9. The molecule has 4 aromatic rings. The fourth-order valence-electron chi connectivity index (χ4n) is 3.21. The van der Waals surface area contributed by atoms with E-state index >= 15 is 0 Å². The van der Waals surface area contributed by atoms with Crippen LogP contribution in [0.3, 0.4) is 0 Å². The Balaban J connectivity index is 1.29. The van der Waals surface area contributed by atoms with Crippen molar-refractivity contribution in [3.63, 3.8) is 0 Å². The van der Waals surface area contributed by atoms with Gasteiger partial charge in [-0.25, -0.2) is 0 Å². The molecule has 2 N–H and O–H groups in total. The number of likely N-dealkylation sites (N-methyl/N-ethyl adjacent to an activating group) is 1. The summed E-state index contributed by atoms with van der Waals surface area (Å²) in [7, 11) is 1.55. The summed E-state index contributed by atoms with van der Waals surface area (Å²) >= 11 is 0. The molecule has 9 heteroatoms. The predicted molar refractivity (Wildman–Crippen MR) is 122 cm³/mol. The molecule has 0 unspecified atom stereocenters. The zero-order valence-electron chi connectivity index (χ0n) is 18.1. The van der Waals surface area contributed by atoms with Crippen molar-refractivity contribution < 1.29 is 23.3 Å². The topological polar surface area (TPSA) is 118 Å². The first-order valence-corrected chi connectivity index (χ1v) is 10.2. The maximum absolute atomic E-state index is 12.5. The highest BCUT2D eigenvalue weighted by Crippen LogP contribution is 2.20. The monoisotopic (exact) mass is 446 g/mol. The van der Waals surface area contributed by atoms with Crippen LogP contribution in [0.25, 0.3) is 11.0 Å². The van der Waals surface area contributed by atoms with Crippen LogP contribution < -0.4 is 10.6 Å². The number of aromatic nitrogens is 1. The lowest BCUT2D eigenvalue weighted by Crippen LogP contribution is -2.35. The van der Waals surface area contributed by atoms with Crippen LogP contribution in [0.5, 0.6) is 0 Å². The second kappa shape index (κ2) is 9.39. The molecule has 0 aliphatic rings. The highest BCUT2D eigenvalue weighted by Gasteiger charge is 2.16. The van der Waals surface area contributed by atoms with E-state index in [0.717, 1.165) is 10.9 Å². The number of carbonyl (C=O) groups excluding carboxylic acids is 3. The third-order valence-electron chi connectivity index (χ3n) is 4.92. The van der Waals surface area contributed by atoms with E-state index in [1.807, 2.05) is 18.2 Å². The molecule has 2 aromatic carbocycles. The molecule has 0 radical (unpaired) electrons. The highest BCUT2D eigenvalue weighted by molar-refractivity contribution is 6.04. The molecule has 0 aliphatic carbocycles. The molecule has 0 saturated carbocycles. The van der Waals surface area contributed by atoms with E-state index < -0.39 is 0 Å². The molecule has 9 nitrogen and oxygen atoms in total. The van der Waals surface area contributed by atoms with E-state index in [0.29, 0.717) is 22.8 Å².